The zero-order valence-corrected chi connectivity index (χ0v) is 15.8. The molecule has 28 heavy (non-hydrogen) atoms. The van der Waals surface area contributed by atoms with Gasteiger partial charge in [-0.1, -0.05) is 36.4 Å². The summed E-state index contributed by atoms with van der Waals surface area (Å²) >= 11 is 0. The molecule has 0 amide bonds. The summed E-state index contributed by atoms with van der Waals surface area (Å²) in [6.07, 6.45) is 1.53. The number of nitrogens with one attached hydrogen (secondary N) is 1. The second-order valence-corrected chi connectivity index (χ2v) is 6.54. The van der Waals surface area contributed by atoms with Crippen LogP contribution in [0.3, 0.4) is 0 Å². The number of hydrogen-bond acceptors (Lipinski definition) is 6. The first-order chi connectivity index (χ1) is 13.7. The minimum absolute atomic E-state index is 0.0189. The molecule has 0 bridgehead atoms. The van der Waals surface area contributed by atoms with Crippen LogP contribution in [0.15, 0.2) is 54.9 Å². The van der Waals surface area contributed by atoms with Crippen molar-refractivity contribution in [2.45, 2.75) is 13.2 Å². The number of imidazole rings is 1. The van der Waals surface area contributed by atoms with Crippen LogP contribution in [-0.4, -0.2) is 39.2 Å². The Hall–Kier alpha value is -3.45. The molecule has 0 saturated carbocycles. The largest absolute Gasteiger partial charge is 0.497 e. The number of aromatic nitrogens is 4. The van der Waals surface area contributed by atoms with Crippen LogP contribution in [0.25, 0.3) is 22.6 Å². The Morgan fingerprint density at radius 1 is 1.07 bits per heavy atom. The van der Waals surface area contributed by atoms with E-state index >= 15 is 0 Å². The van der Waals surface area contributed by atoms with Crippen molar-refractivity contribution in [3.8, 4) is 17.1 Å². The number of benzene rings is 2. The Balaban J connectivity index is 1.66. The summed E-state index contributed by atoms with van der Waals surface area (Å²) in [5.74, 6) is 2.32. The summed E-state index contributed by atoms with van der Waals surface area (Å²) in [5.41, 5.74) is 4.31. The Morgan fingerprint density at radius 2 is 1.89 bits per heavy atom. The molecule has 7 heteroatoms. The van der Waals surface area contributed by atoms with Crippen LogP contribution in [0.2, 0.25) is 0 Å². The van der Waals surface area contributed by atoms with Crippen molar-refractivity contribution >= 4 is 17.0 Å². The molecule has 0 aliphatic carbocycles. The van der Waals surface area contributed by atoms with Crippen LogP contribution in [0.5, 0.6) is 5.75 Å². The number of ether oxygens (including phenoxy) is 1. The number of aromatic amines is 1. The quantitative estimate of drug-likeness (QED) is 0.538. The summed E-state index contributed by atoms with van der Waals surface area (Å²) in [6.45, 7) is 0.688. The fourth-order valence-corrected chi connectivity index (χ4v) is 3.13. The second kappa shape index (κ2) is 7.66. The first kappa shape index (κ1) is 17.9. The molecule has 2 aromatic carbocycles. The van der Waals surface area contributed by atoms with Gasteiger partial charge < -0.3 is 19.7 Å². The van der Waals surface area contributed by atoms with E-state index in [9.17, 15) is 5.11 Å². The lowest BCUT2D eigenvalue weighted by Crippen LogP contribution is -2.18. The van der Waals surface area contributed by atoms with Crippen LogP contribution in [0.1, 0.15) is 11.1 Å². The van der Waals surface area contributed by atoms with Crippen LogP contribution in [0, 0.1) is 0 Å². The van der Waals surface area contributed by atoms with E-state index in [-0.39, 0.29) is 6.61 Å². The maximum Gasteiger partial charge on any atom is 0.183 e. The van der Waals surface area contributed by atoms with Gasteiger partial charge in [0.1, 0.15) is 23.4 Å². The van der Waals surface area contributed by atoms with Crippen molar-refractivity contribution in [2.24, 2.45) is 0 Å². The topological polar surface area (TPSA) is 87.2 Å². The van der Waals surface area contributed by atoms with Gasteiger partial charge in [0.2, 0.25) is 0 Å². The third kappa shape index (κ3) is 3.52. The molecule has 2 N–H and O–H groups in total. The fraction of sp³-hybridized carbons (Fsp3) is 0.190. The molecule has 0 unspecified atom stereocenters. The third-order valence-electron chi connectivity index (χ3n) is 4.59. The van der Waals surface area contributed by atoms with Crippen molar-refractivity contribution in [3.05, 3.63) is 66.0 Å². The molecule has 0 aliphatic rings. The van der Waals surface area contributed by atoms with E-state index < -0.39 is 0 Å². The molecule has 7 nitrogen and oxygen atoms in total. The molecule has 4 rings (SSSR count). The highest BCUT2D eigenvalue weighted by Gasteiger charge is 2.14. The summed E-state index contributed by atoms with van der Waals surface area (Å²) in [4.78, 5) is 18.8. The van der Waals surface area contributed by atoms with Crippen LogP contribution in [0.4, 0.5) is 5.82 Å². The average Bonchev–Trinajstić information content (AvgIpc) is 3.18. The standard InChI is InChI=1S/C21H21N5O2/c1-26(11-15-4-3-5-17(10-15)28-2)21-18-20(22-13-23-21)25-19(24-18)16-8-6-14(12-27)7-9-16/h3-10,13,27H,11-12H2,1-2H3,(H,22,23,24,25). The van der Waals surface area contributed by atoms with E-state index in [0.29, 0.717) is 12.2 Å². The van der Waals surface area contributed by atoms with Crippen molar-refractivity contribution in [2.75, 3.05) is 19.1 Å². The summed E-state index contributed by atoms with van der Waals surface area (Å²) in [5, 5.41) is 9.21. The number of nitrogens with zero attached hydrogens (tertiary/aromatic N) is 4. The number of rotatable bonds is 6. The minimum Gasteiger partial charge on any atom is -0.497 e. The molecule has 0 spiro atoms. The Morgan fingerprint density at radius 3 is 2.64 bits per heavy atom. The molecule has 4 aromatic rings. The molecular weight excluding hydrogens is 354 g/mol. The van der Waals surface area contributed by atoms with Crippen molar-refractivity contribution in [3.63, 3.8) is 0 Å². The lowest BCUT2D eigenvalue weighted by molar-refractivity contribution is 0.282. The van der Waals surface area contributed by atoms with Gasteiger partial charge in [-0.25, -0.2) is 15.0 Å². The fourth-order valence-electron chi connectivity index (χ4n) is 3.13. The zero-order valence-electron chi connectivity index (χ0n) is 15.8. The molecule has 0 radical (unpaired) electrons. The number of methoxy groups -OCH3 is 1. The molecule has 0 aliphatic heterocycles. The van der Waals surface area contributed by atoms with Crippen LogP contribution < -0.4 is 9.64 Å². The first-order valence-corrected chi connectivity index (χ1v) is 8.93. The smallest absolute Gasteiger partial charge is 0.183 e. The number of aliphatic hydroxyl groups is 1. The van der Waals surface area contributed by atoms with Crippen molar-refractivity contribution in [1.29, 1.82) is 0 Å². The predicted molar refractivity (Wildman–Crippen MR) is 108 cm³/mol. The van der Waals surface area contributed by atoms with Gasteiger partial charge >= 0.3 is 0 Å². The van der Waals surface area contributed by atoms with E-state index in [1.807, 2.05) is 49.5 Å². The number of H-pyrrole nitrogens is 1. The van der Waals surface area contributed by atoms with Gasteiger partial charge in [-0.3, -0.25) is 0 Å². The van der Waals surface area contributed by atoms with E-state index in [0.717, 1.165) is 39.6 Å². The Bertz CT molecular complexity index is 1090. The van der Waals surface area contributed by atoms with Crippen molar-refractivity contribution < 1.29 is 9.84 Å². The van der Waals surface area contributed by atoms with E-state index in [4.69, 9.17) is 4.74 Å². The van der Waals surface area contributed by atoms with E-state index in [1.54, 1.807) is 7.11 Å². The molecule has 2 heterocycles. The highest BCUT2D eigenvalue weighted by molar-refractivity contribution is 5.85. The van der Waals surface area contributed by atoms with Gasteiger partial charge in [-0.15, -0.1) is 0 Å². The Kier molecular flexibility index (Phi) is 4.90. The Labute approximate surface area is 162 Å². The second-order valence-electron chi connectivity index (χ2n) is 6.54. The molecular formula is C21H21N5O2. The van der Waals surface area contributed by atoms with E-state index in [2.05, 4.69) is 30.9 Å². The summed E-state index contributed by atoms with van der Waals surface area (Å²) in [7, 11) is 3.65. The molecule has 0 saturated heterocycles. The number of anilines is 1. The average molecular weight is 375 g/mol. The third-order valence-corrected chi connectivity index (χ3v) is 4.59. The first-order valence-electron chi connectivity index (χ1n) is 8.93. The van der Waals surface area contributed by atoms with Gasteiger partial charge in [0.25, 0.3) is 0 Å². The molecule has 142 valence electrons. The van der Waals surface area contributed by atoms with E-state index in [1.165, 1.54) is 6.33 Å². The minimum atomic E-state index is 0.0189. The maximum atomic E-state index is 9.21. The zero-order chi connectivity index (χ0) is 19.5. The predicted octanol–water partition coefficient (Wildman–Crippen LogP) is 3.16. The molecule has 0 fully saturated rings. The highest BCUT2D eigenvalue weighted by atomic mass is 16.5. The lowest BCUT2D eigenvalue weighted by Gasteiger charge is -2.18. The lowest BCUT2D eigenvalue weighted by atomic mass is 10.1. The van der Waals surface area contributed by atoms with Gasteiger partial charge in [-0.2, -0.15) is 0 Å². The summed E-state index contributed by atoms with van der Waals surface area (Å²) in [6, 6.07) is 15.6. The highest BCUT2D eigenvalue weighted by Crippen LogP contribution is 2.26. The van der Waals surface area contributed by atoms with Gasteiger partial charge in [0.15, 0.2) is 11.5 Å². The number of aliphatic hydroxyl groups excluding tert-OH is 1. The van der Waals surface area contributed by atoms with Gasteiger partial charge in [-0.05, 0) is 23.3 Å². The van der Waals surface area contributed by atoms with Crippen molar-refractivity contribution in [1.82, 2.24) is 19.9 Å². The summed E-state index contributed by atoms with van der Waals surface area (Å²) < 4.78 is 5.31. The molecule has 0 atom stereocenters. The van der Waals surface area contributed by atoms with Gasteiger partial charge in [0, 0.05) is 19.2 Å². The van der Waals surface area contributed by atoms with Gasteiger partial charge in [0.05, 0.1) is 13.7 Å². The number of hydrogen-bond donors (Lipinski definition) is 2. The molecule has 2 aromatic heterocycles. The monoisotopic (exact) mass is 375 g/mol. The SMILES string of the molecule is COc1cccc(CN(C)c2ncnc3nc(-c4ccc(CO)cc4)[nH]c23)c1. The normalized spacial score (nSPS) is 11.0. The number of fused-ring (bicyclic) bond motifs is 1. The van der Waals surface area contributed by atoms with Crippen LogP contribution >= 0.6 is 0 Å². The van der Waals surface area contributed by atoms with Crippen LogP contribution in [-0.2, 0) is 13.2 Å². The maximum absolute atomic E-state index is 9.21.